The molecule has 0 saturated carbocycles. The van der Waals surface area contributed by atoms with E-state index >= 15 is 0 Å². The number of hydrogen-bond donors (Lipinski definition) is 3. The van der Waals surface area contributed by atoms with Crippen LogP contribution in [-0.4, -0.2) is 73.3 Å². The van der Waals surface area contributed by atoms with E-state index in [1.54, 1.807) is 62.9 Å². The fraction of sp³-hybridized carbons (Fsp3) is 1.00. The van der Waals surface area contributed by atoms with Gasteiger partial charge < -0.3 is 29.5 Å². The minimum atomic E-state index is -0.672. The molecule has 0 atom stereocenters. The summed E-state index contributed by atoms with van der Waals surface area (Å²) in [6, 6.07) is 0. The summed E-state index contributed by atoms with van der Waals surface area (Å²) in [5.41, 5.74) is -2.02. The van der Waals surface area contributed by atoms with Crippen LogP contribution in [0.1, 0.15) is 41.5 Å². The largest absolute Gasteiger partial charge is 0.388 e. The molecule has 0 aromatic rings. The van der Waals surface area contributed by atoms with Crippen molar-refractivity contribution >= 4 is 0 Å². The van der Waals surface area contributed by atoms with E-state index in [2.05, 4.69) is 14.2 Å². The smallest absolute Gasteiger partial charge is 0.0824 e. The van der Waals surface area contributed by atoms with Crippen LogP contribution in [0.25, 0.3) is 0 Å². The van der Waals surface area contributed by atoms with Crippen LogP contribution in [0.3, 0.4) is 0 Å². The quantitative estimate of drug-likeness (QED) is 0.536. The number of aliphatic hydroxyl groups is 3. The summed E-state index contributed by atoms with van der Waals surface area (Å²) in [4.78, 5) is 0. The topological polar surface area (TPSA) is 88.4 Å². The van der Waals surface area contributed by atoms with E-state index in [-0.39, 0.29) is 38.2 Å². The van der Waals surface area contributed by atoms with E-state index in [4.69, 9.17) is 15.3 Å². The molecule has 6 nitrogen and oxygen atoms in total. The average Bonchev–Trinajstić information content (AvgIpc) is 2.12. The first kappa shape index (κ1) is 30.9. The first-order valence-corrected chi connectivity index (χ1v) is 6.82. The van der Waals surface area contributed by atoms with Gasteiger partial charge in [-0.15, -0.1) is 0 Å². The van der Waals surface area contributed by atoms with E-state index in [1.165, 1.54) is 0 Å². The Kier molecular flexibility index (Phi) is 21.8. The maximum atomic E-state index is 8.89. The van der Waals surface area contributed by atoms with Gasteiger partial charge in [-0.2, -0.15) is 0 Å². The molecule has 0 radical (unpaired) electrons. The Bertz CT molecular complexity index is 178. The van der Waals surface area contributed by atoms with Crippen molar-refractivity contribution in [3.8, 4) is 0 Å². The molecule has 0 spiro atoms. The monoisotopic (exact) mass is 476 g/mol. The SMILES string of the molecule is COCC(C)(C)O.COCC(C)(C)O.COCC(C)(C)O.[Dy]. The van der Waals surface area contributed by atoms with Crippen LogP contribution in [0.4, 0.5) is 0 Å². The maximum absolute atomic E-state index is 8.89. The molecular weight excluding hydrogens is 439 g/mol. The van der Waals surface area contributed by atoms with Gasteiger partial charge in [0.05, 0.1) is 36.6 Å². The Balaban J connectivity index is -0.000000108. The molecule has 0 saturated heterocycles. The van der Waals surface area contributed by atoms with Crippen LogP contribution in [0.15, 0.2) is 0 Å². The first-order chi connectivity index (χ1) is 9.18. The maximum Gasteiger partial charge on any atom is 0.0824 e. The van der Waals surface area contributed by atoms with E-state index in [0.717, 1.165) is 0 Å². The predicted octanol–water partition coefficient (Wildman–Crippen LogP) is 1.21. The van der Waals surface area contributed by atoms with Gasteiger partial charge in [-0.25, -0.2) is 0 Å². The normalized spacial score (nSPS) is 11.5. The molecule has 0 aliphatic rings. The molecule has 0 rings (SSSR count). The molecule has 142 valence electrons. The first-order valence-electron chi connectivity index (χ1n) is 6.82. The molecule has 0 heterocycles. The molecule has 0 aliphatic heterocycles. The summed E-state index contributed by atoms with van der Waals surface area (Å²) < 4.78 is 14.0. The number of methoxy groups -OCH3 is 3. The molecule has 22 heavy (non-hydrogen) atoms. The van der Waals surface area contributed by atoms with E-state index in [0.29, 0.717) is 19.8 Å². The second-order valence-corrected chi connectivity index (χ2v) is 6.74. The van der Waals surface area contributed by atoms with Crippen molar-refractivity contribution in [2.75, 3.05) is 41.2 Å². The van der Waals surface area contributed by atoms with Crippen LogP contribution < -0.4 is 0 Å². The second kappa shape index (κ2) is 15.6. The molecular formula is C15H36DyO6. The third-order valence-electron chi connectivity index (χ3n) is 1.49. The Morgan fingerprint density at radius 3 is 0.682 bits per heavy atom. The van der Waals surface area contributed by atoms with Gasteiger partial charge in [0.25, 0.3) is 0 Å². The minimum Gasteiger partial charge on any atom is -0.388 e. The number of hydrogen-bond acceptors (Lipinski definition) is 6. The van der Waals surface area contributed by atoms with Gasteiger partial charge in [-0.05, 0) is 41.5 Å². The summed E-state index contributed by atoms with van der Waals surface area (Å²) in [6.07, 6.45) is 0. The molecule has 7 heteroatoms. The van der Waals surface area contributed by atoms with E-state index in [9.17, 15) is 0 Å². The fourth-order valence-corrected chi connectivity index (χ4v) is 1.06. The van der Waals surface area contributed by atoms with Crippen molar-refractivity contribution in [1.29, 1.82) is 0 Å². The Labute approximate surface area is 166 Å². The molecule has 0 amide bonds. The van der Waals surface area contributed by atoms with Gasteiger partial charge in [0.15, 0.2) is 0 Å². The summed E-state index contributed by atoms with van der Waals surface area (Å²) in [5.74, 6) is 0. The van der Waals surface area contributed by atoms with Crippen molar-refractivity contribution < 1.29 is 67.7 Å². The number of ether oxygens (including phenoxy) is 3. The van der Waals surface area contributed by atoms with Crippen LogP contribution in [-0.2, 0) is 14.2 Å². The molecule has 0 bridgehead atoms. The third kappa shape index (κ3) is 49.7. The second-order valence-electron chi connectivity index (χ2n) is 6.74. The van der Waals surface area contributed by atoms with E-state index < -0.39 is 16.8 Å². The van der Waals surface area contributed by atoms with Crippen molar-refractivity contribution in [3.63, 3.8) is 0 Å². The van der Waals surface area contributed by atoms with Gasteiger partial charge in [-0.3, -0.25) is 0 Å². The molecule has 3 N–H and O–H groups in total. The molecule has 0 fully saturated rings. The summed E-state index contributed by atoms with van der Waals surface area (Å²) in [5, 5.41) is 26.7. The molecule has 0 unspecified atom stereocenters. The van der Waals surface area contributed by atoms with Crippen molar-refractivity contribution in [2.24, 2.45) is 0 Å². The minimum absolute atomic E-state index is 0. The summed E-state index contributed by atoms with van der Waals surface area (Å²) in [6.45, 7) is 11.4. The zero-order valence-corrected chi connectivity index (χ0v) is 17.5. The molecule has 0 aromatic heterocycles. The van der Waals surface area contributed by atoms with Gasteiger partial charge in [-0.1, -0.05) is 0 Å². The standard InChI is InChI=1S/3C5H12O2.Dy/c3*1-5(2,6)4-7-3;/h3*6H,4H2,1-3H3;. The predicted molar refractivity (Wildman–Crippen MR) is 84.5 cm³/mol. The van der Waals surface area contributed by atoms with Crippen LogP contribution >= 0.6 is 0 Å². The fourth-order valence-electron chi connectivity index (χ4n) is 1.06. The zero-order chi connectivity index (χ0) is 17.7. The third-order valence-corrected chi connectivity index (χ3v) is 1.49. The number of rotatable bonds is 6. The van der Waals surface area contributed by atoms with Gasteiger partial charge >= 0.3 is 0 Å². The molecule has 0 aliphatic carbocycles. The van der Waals surface area contributed by atoms with Crippen molar-refractivity contribution in [1.82, 2.24) is 0 Å². The summed E-state index contributed by atoms with van der Waals surface area (Å²) in [7, 11) is 4.70. The van der Waals surface area contributed by atoms with Gasteiger partial charge in [0.1, 0.15) is 0 Å². The molecule has 0 aromatic carbocycles. The average molecular weight is 475 g/mol. The van der Waals surface area contributed by atoms with Gasteiger partial charge in [0, 0.05) is 59.5 Å². The van der Waals surface area contributed by atoms with Gasteiger partial charge in [0.2, 0.25) is 0 Å². The van der Waals surface area contributed by atoms with Crippen molar-refractivity contribution in [2.45, 2.75) is 58.3 Å². The summed E-state index contributed by atoms with van der Waals surface area (Å²) >= 11 is 0. The van der Waals surface area contributed by atoms with Crippen molar-refractivity contribution in [3.05, 3.63) is 0 Å². The Morgan fingerprint density at radius 1 is 0.545 bits per heavy atom. The van der Waals surface area contributed by atoms with Crippen LogP contribution in [0.5, 0.6) is 0 Å². The van der Waals surface area contributed by atoms with E-state index in [1.807, 2.05) is 0 Å². The Hall–Kier alpha value is 1.03. The van der Waals surface area contributed by atoms with Crippen LogP contribution in [0, 0.1) is 38.2 Å². The Morgan fingerprint density at radius 2 is 0.682 bits per heavy atom. The zero-order valence-electron chi connectivity index (χ0n) is 15.5. The van der Waals surface area contributed by atoms with Crippen LogP contribution in [0.2, 0.25) is 0 Å².